The summed E-state index contributed by atoms with van der Waals surface area (Å²) in [6.07, 6.45) is 2.16. The molecule has 5 heteroatoms. The summed E-state index contributed by atoms with van der Waals surface area (Å²) in [6.45, 7) is 0. The van der Waals surface area contributed by atoms with Gasteiger partial charge in [0, 0.05) is 0 Å². The summed E-state index contributed by atoms with van der Waals surface area (Å²) in [5, 5.41) is 8.66. The third-order valence-electron chi connectivity index (χ3n) is 7.95. The van der Waals surface area contributed by atoms with Gasteiger partial charge in [-0.05, 0) is 72.8 Å². The maximum Gasteiger partial charge on any atom is 2.00 e. The molecule has 0 spiro atoms. The van der Waals surface area contributed by atoms with E-state index in [4.69, 9.17) is 0 Å². The topological polar surface area (TPSA) is 0 Å². The molecule has 0 aliphatic rings. The van der Waals surface area contributed by atoms with Crippen molar-refractivity contribution in [2.24, 2.45) is 0 Å². The molecule has 6 aromatic rings. The van der Waals surface area contributed by atoms with Gasteiger partial charge in [0.2, 0.25) is 0 Å². The van der Waals surface area contributed by atoms with E-state index in [2.05, 4.69) is 182 Å². The number of rotatable bonds is 9. The van der Waals surface area contributed by atoms with Crippen molar-refractivity contribution in [2.75, 3.05) is 12.3 Å². The molecule has 0 aliphatic carbocycles. The van der Waals surface area contributed by atoms with Gasteiger partial charge in [-0.1, -0.05) is 109 Å². The molecule has 216 valence electrons. The average Bonchev–Trinajstić information content (AvgIpc) is 3.06. The third-order valence-corrected chi connectivity index (χ3v) is 17.2. The molecule has 0 radical (unpaired) electrons. The zero-order chi connectivity index (χ0) is 27.1. The first kappa shape index (κ1) is 34.8. The fourth-order valence-corrected chi connectivity index (χ4v) is 15.9. The Bertz CT molecular complexity index is 1300. The van der Waals surface area contributed by atoms with Gasteiger partial charge in [-0.3, -0.25) is 0 Å². The first-order valence-corrected chi connectivity index (χ1v) is 17.9. The first-order chi connectivity index (χ1) is 19.8. The maximum atomic E-state index is 2.36. The second kappa shape index (κ2) is 16.4. The summed E-state index contributed by atoms with van der Waals surface area (Å²) in [6, 6.07) is 67.8. The Morgan fingerprint density at radius 2 is 0.395 bits per heavy atom. The Kier molecular flexibility index (Phi) is 13.2. The monoisotopic (exact) mass is 678 g/mol. The summed E-state index contributed by atoms with van der Waals surface area (Å²) >= 11 is 0. The van der Waals surface area contributed by atoms with Crippen LogP contribution in [-0.4, -0.2) is 12.3 Å². The Balaban J connectivity index is 0.00000169. The minimum Gasteiger partial charge on any atom is -1.00 e. The van der Waals surface area contributed by atoms with E-state index < -0.39 is 14.5 Å². The molecule has 0 saturated carbocycles. The molecule has 6 aromatic carbocycles. The van der Waals surface area contributed by atoms with Gasteiger partial charge in [-0.15, -0.1) is 0 Å². The Morgan fingerprint density at radius 3 is 0.535 bits per heavy atom. The molecule has 0 saturated heterocycles. The van der Waals surface area contributed by atoms with E-state index >= 15 is 0 Å². The average molecular weight is 679 g/mol. The van der Waals surface area contributed by atoms with Crippen LogP contribution in [0, 0.1) is 0 Å². The van der Waals surface area contributed by atoms with E-state index in [1.54, 1.807) is 0 Å². The summed E-state index contributed by atoms with van der Waals surface area (Å²) in [4.78, 5) is 0. The van der Waals surface area contributed by atoms with E-state index in [0.29, 0.717) is 0 Å². The molecule has 6 rings (SSSR count). The van der Waals surface area contributed by atoms with Crippen molar-refractivity contribution < 1.29 is 41.9 Å². The predicted octanol–water partition coefficient (Wildman–Crippen LogP) is 0.980. The van der Waals surface area contributed by atoms with Gasteiger partial charge in [0.25, 0.3) is 0 Å². The number of hydrogen-bond donors (Lipinski definition) is 0. The number of halogens is 2. The van der Waals surface area contributed by atoms with Crippen molar-refractivity contribution in [3.8, 4) is 0 Å². The summed E-state index contributed by atoms with van der Waals surface area (Å²) in [5.41, 5.74) is 0. The SMILES string of the molecule is [Cl-].[Cl-].[Fe+2].c1ccc([P+](CC[P+](c2ccccc2)(c2ccccc2)c2ccccc2)(c2ccccc2)c2ccccc2)cc1. The fraction of sp³-hybridized carbons (Fsp3) is 0.0526. The smallest absolute Gasteiger partial charge is 1.00 e. The van der Waals surface area contributed by atoms with Crippen LogP contribution in [0.5, 0.6) is 0 Å². The van der Waals surface area contributed by atoms with Gasteiger partial charge < -0.3 is 24.8 Å². The van der Waals surface area contributed by atoms with Gasteiger partial charge >= 0.3 is 17.1 Å². The van der Waals surface area contributed by atoms with Crippen LogP contribution in [0.15, 0.2) is 182 Å². The normalized spacial score (nSPS) is 10.9. The second-order valence-corrected chi connectivity index (χ2v) is 17.3. The van der Waals surface area contributed by atoms with Crippen LogP contribution in [0.1, 0.15) is 0 Å². The molecule has 0 fully saturated rings. The quantitative estimate of drug-likeness (QED) is 0.158. The van der Waals surface area contributed by atoms with Crippen LogP contribution in [0.4, 0.5) is 0 Å². The van der Waals surface area contributed by atoms with E-state index in [1.807, 2.05) is 0 Å². The van der Waals surface area contributed by atoms with E-state index in [9.17, 15) is 0 Å². The standard InChI is InChI=1S/C38H34P2.2ClH.Fe/c1-7-19-33(20-8-1)39(34-21-9-2-10-22-34,35-23-11-3-12-24-35)31-32-40(36-25-13-4-14-26-36,37-27-15-5-16-28-37)38-29-17-6-18-30-38;;;/h1-30H,31-32H2;2*1H;/q+2;;;+2/p-2. The van der Waals surface area contributed by atoms with E-state index in [1.165, 1.54) is 31.8 Å². The van der Waals surface area contributed by atoms with Crippen LogP contribution in [0.2, 0.25) is 0 Å². The Morgan fingerprint density at radius 1 is 0.256 bits per heavy atom. The largest absolute Gasteiger partial charge is 2.00 e. The van der Waals surface area contributed by atoms with Crippen LogP contribution in [0.3, 0.4) is 0 Å². The molecule has 0 N–H and O–H groups in total. The molecule has 0 heterocycles. The summed E-state index contributed by atoms with van der Waals surface area (Å²) in [7, 11) is -3.97. The number of hydrogen-bond acceptors (Lipinski definition) is 0. The van der Waals surface area contributed by atoms with Crippen molar-refractivity contribution in [1.82, 2.24) is 0 Å². The van der Waals surface area contributed by atoms with Gasteiger partial charge in [-0.25, -0.2) is 0 Å². The molecular formula is C38H34Cl2FeP2+2. The van der Waals surface area contributed by atoms with Gasteiger partial charge in [-0.2, -0.15) is 0 Å². The molecule has 0 aromatic heterocycles. The minimum atomic E-state index is -1.98. The molecule has 0 amide bonds. The minimum absolute atomic E-state index is 0. The molecule has 0 atom stereocenters. The molecule has 43 heavy (non-hydrogen) atoms. The molecular weight excluding hydrogens is 645 g/mol. The van der Waals surface area contributed by atoms with Gasteiger partial charge in [0.1, 0.15) is 58.7 Å². The van der Waals surface area contributed by atoms with Crippen LogP contribution in [0.25, 0.3) is 0 Å². The van der Waals surface area contributed by atoms with Crippen LogP contribution < -0.4 is 56.6 Å². The van der Waals surface area contributed by atoms with Crippen molar-refractivity contribution in [1.29, 1.82) is 0 Å². The van der Waals surface area contributed by atoms with Crippen molar-refractivity contribution in [2.45, 2.75) is 0 Å². The summed E-state index contributed by atoms with van der Waals surface area (Å²) < 4.78 is 0. The molecule has 0 aliphatic heterocycles. The van der Waals surface area contributed by atoms with Gasteiger partial charge in [0.05, 0.1) is 0 Å². The zero-order valence-corrected chi connectivity index (χ0v) is 28.1. The second-order valence-electron chi connectivity index (χ2n) is 10.1. The Labute approximate surface area is 281 Å². The van der Waals surface area contributed by atoms with E-state index in [0.717, 1.165) is 12.3 Å². The van der Waals surface area contributed by atoms with Gasteiger partial charge in [0.15, 0.2) is 0 Å². The zero-order valence-electron chi connectivity index (χ0n) is 23.7. The van der Waals surface area contributed by atoms with Crippen LogP contribution in [-0.2, 0) is 17.1 Å². The predicted molar refractivity (Wildman–Crippen MR) is 180 cm³/mol. The molecule has 0 bridgehead atoms. The fourth-order valence-electron chi connectivity index (χ4n) is 6.06. The Hall–Kier alpha value is -2.72. The summed E-state index contributed by atoms with van der Waals surface area (Å²) in [5.74, 6) is 0. The van der Waals surface area contributed by atoms with Crippen LogP contribution >= 0.6 is 14.5 Å². The number of benzene rings is 6. The van der Waals surface area contributed by atoms with Crippen molar-refractivity contribution >= 4 is 46.4 Å². The third kappa shape index (κ3) is 7.00. The maximum absolute atomic E-state index is 2.36. The first-order valence-electron chi connectivity index (χ1n) is 13.9. The van der Waals surface area contributed by atoms with Crippen molar-refractivity contribution in [3.63, 3.8) is 0 Å². The molecule has 0 nitrogen and oxygen atoms in total. The van der Waals surface area contributed by atoms with Crippen molar-refractivity contribution in [3.05, 3.63) is 182 Å². The molecule has 0 unspecified atom stereocenters. The van der Waals surface area contributed by atoms with E-state index in [-0.39, 0.29) is 41.9 Å².